The Bertz CT molecular complexity index is 671. The molecule has 2 rings (SSSR count). The molecule has 0 saturated carbocycles. The molecule has 0 spiro atoms. The summed E-state index contributed by atoms with van der Waals surface area (Å²) in [5.74, 6) is 6.36. The van der Waals surface area contributed by atoms with E-state index in [0.29, 0.717) is 11.5 Å². The number of aromatic nitrogens is 1. The first-order valence-electron chi connectivity index (χ1n) is 6.51. The number of carbonyl (C=O) groups is 1. The number of hydrogen-bond acceptors (Lipinski definition) is 4. The van der Waals surface area contributed by atoms with Crippen LogP contribution in [-0.4, -0.2) is 22.6 Å². The number of carbonyl (C=O) groups excluding carboxylic acids is 1. The zero-order valence-corrected chi connectivity index (χ0v) is 11.9. The maximum atomic E-state index is 12.0. The zero-order chi connectivity index (χ0) is 15.2. The molecule has 1 heterocycles. The van der Waals surface area contributed by atoms with Crippen molar-refractivity contribution in [2.24, 2.45) is 0 Å². The van der Waals surface area contributed by atoms with E-state index in [1.54, 1.807) is 24.3 Å². The van der Waals surface area contributed by atoms with E-state index in [0.717, 1.165) is 17.0 Å². The number of aliphatic hydroxyl groups excluding tert-OH is 1. The lowest BCUT2D eigenvalue weighted by molar-refractivity contribution is 0.0947. The number of nitrogens with one attached hydrogen (secondary N) is 1. The third-order valence-electron chi connectivity index (χ3n) is 2.93. The highest BCUT2D eigenvalue weighted by atomic mass is 16.4. The lowest BCUT2D eigenvalue weighted by atomic mass is 10.1. The minimum atomic E-state index is -0.204. The molecule has 0 aliphatic rings. The van der Waals surface area contributed by atoms with E-state index in [2.05, 4.69) is 22.1 Å². The quantitative estimate of drug-likeness (QED) is 0.839. The number of amides is 1. The van der Waals surface area contributed by atoms with Crippen LogP contribution < -0.4 is 5.32 Å². The van der Waals surface area contributed by atoms with Crippen LogP contribution in [0.15, 0.2) is 28.7 Å². The molecule has 0 saturated heterocycles. The van der Waals surface area contributed by atoms with Gasteiger partial charge in [0.2, 0.25) is 5.89 Å². The second-order valence-electron chi connectivity index (χ2n) is 4.47. The van der Waals surface area contributed by atoms with E-state index in [-0.39, 0.29) is 19.1 Å². The minimum Gasteiger partial charge on any atom is -0.444 e. The largest absolute Gasteiger partial charge is 0.444 e. The molecule has 108 valence electrons. The summed E-state index contributed by atoms with van der Waals surface area (Å²) in [6.07, 6.45) is 0. The molecule has 0 bridgehead atoms. The molecule has 0 aliphatic carbocycles. The van der Waals surface area contributed by atoms with E-state index in [4.69, 9.17) is 9.52 Å². The molecule has 0 unspecified atom stereocenters. The molecule has 1 aromatic carbocycles. The highest BCUT2D eigenvalue weighted by molar-refractivity contribution is 5.94. The number of oxazole rings is 1. The third kappa shape index (κ3) is 3.94. The zero-order valence-electron chi connectivity index (χ0n) is 11.9. The van der Waals surface area contributed by atoms with Crippen LogP contribution in [-0.2, 0) is 6.54 Å². The van der Waals surface area contributed by atoms with Gasteiger partial charge in [-0.05, 0) is 38.1 Å². The molecule has 0 atom stereocenters. The first-order chi connectivity index (χ1) is 10.1. The summed E-state index contributed by atoms with van der Waals surface area (Å²) >= 11 is 0. The fourth-order valence-electron chi connectivity index (χ4n) is 1.72. The standard InChI is InChI=1S/C16H16N2O3/c1-11-12(2)21-15(18-11)10-17-16(20)14-7-5-13(6-8-14)4-3-9-19/h5-8,19H,9-10H2,1-2H3,(H,17,20). The van der Waals surface area contributed by atoms with Gasteiger partial charge in [-0.3, -0.25) is 4.79 Å². The summed E-state index contributed by atoms with van der Waals surface area (Å²) in [6.45, 7) is 3.76. The normalized spacial score (nSPS) is 9.86. The summed E-state index contributed by atoms with van der Waals surface area (Å²) in [6, 6.07) is 6.83. The number of benzene rings is 1. The summed E-state index contributed by atoms with van der Waals surface area (Å²) < 4.78 is 5.40. The Morgan fingerprint density at radius 2 is 2.05 bits per heavy atom. The van der Waals surface area contributed by atoms with Crippen molar-refractivity contribution in [2.75, 3.05) is 6.61 Å². The monoisotopic (exact) mass is 284 g/mol. The maximum Gasteiger partial charge on any atom is 0.251 e. The van der Waals surface area contributed by atoms with Crippen LogP contribution in [0.1, 0.15) is 33.3 Å². The number of aliphatic hydroxyl groups is 1. The maximum absolute atomic E-state index is 12.0. The summed E-state index contributed by atoms with van der Waals surface area (Å²) in [7, 11) is 0. The SMILES string of the molecule is Cc1nc(CNC(=O)c2ccc(C#CCO)cc2)oc1C. The van der Waals surface area contributed by atoms with Crippen LogP contribution >= 0.6 is 0 Å². The lowest BCUT2D eigenvalue weighted by Crippen LogP contribution is -2.22. The Balaban J connectivity index is 1.97. The number of hydrogen-bond donors (Lipinski definition) is 2. The Morgan fingerprint density at radius 3 is 2.62 bits per heavy atom. The molecule has 5 nitrogen and oxygen atoms in total. The average molecular weight is 284 g/mol. The lowest BCUT2D eigenvalue weighted by Gasteiger charge is -2.02. The van der Waals surface area contributed by atoms with Gasteiger partial charge in [0.15, 0.2) is 0 Å². The van der Waals surface area contributed by atoms with E-state index in [9.17, 15) is 4.79 Å². The summed E-state index contributed by atoms with van der Waals surface area (Å²) in [4.78, 5) is 16.2. The second kappa shape index (κ2) is 6.73. The number of nitrogens with zero attached hydrogens (tertiary/aromatic N) is 1. The third-order valence-corrected chi connectivity index (χ3v) is 2.93. The van der Waals surface area contributed by atoms with Crippen molar-refractivity contribution in [3.8, 4) is 11.8 Å². The molecule has 21 heavy (non-hydrogen) atoms. The van der Waals surface area contributed by atoms with Crippen molar-refractivity contribution < 1.29 is 14.3 Å². The van der Waals surface area contributed by atoms with Gasteiger partial charge in [0, 0.05) is 11.1 Å². The van der Waals surface area contributed by atoms with Crippen molar-refractivity contribution in [3.63, 3.8) is 0 Å². The van der Waals surface area contributed by atoms with Crippen LogP contribution in [0.3, 0.4) is 0 Å². The fraction of sp³-hybridized carbons (Fsp3) is 0.250. The molecule has 1 amide bonds. The fourth-order valence-corrected chi connectivity index (χ4v) is 1.72. The Morgan fingerprint density at radius 1 is 1.33 bits per heavy atom. The van der Waals surface area contributed by atoms with Crippen molar-refractivity contribution in [1.82, 2.24) is 10.3 Å². The molecule has 2 N–H and O–H groups in total. The van der Waals surface area contributed by atoms with Crippen molar-refractivity contribution in [1.29, 1.82) is 0 Å². The summed E-state index contributed by atoms with van der Waals surface area (Å²) in [5, 5.41) is 11.4. The van der Waals surface area contributed by atoms with Crippen molar-refractivity contribution >= 4 is 5.91 Å². The molecule has 0 radical (unpaired) electrons. The first-order valence-corrected chi connectivity index (χ1v) is 6.51. The van der Waals surface area contributed by atoms with Crippen LogP contribution in [0.2, 0.25) is 0 Å². The van der Waals surface area contributed by atoms with Gasteiger partial charge in [-0.25, -0.2) is 4.98 Å². The van der Waals surface area contributed by atoms with Gasteiger partial charge in [-0.15, -0.1) is 0 Å². The van der Waals surface area contributed by atoms with Gasteiger partial charge in [0.05, 0.1) is 12.2 Å². The van der Waals surface area contributed by atoms with E-state index in [1.165, 1.54) is 0 Å². The number of aryl methyl sites for hydroxylation is 2. The molecule has 1 aromatic heterocycles. The predicted octanol–water partition coefficient (Wildman–Crippen LogP) is 1.57. The molecule has 5 heteroatoms. The highest BCUT2D eigenvalue weighted by Crippen LogP contribution is 2.08. The first kappa shape index (κ1) is 14.8. The van der Waals surface area contributed by atoms with E-state index < -0.39 is 0 Å². The molecular formula is C16H16N2O3. The minimum absolute atomic E-state index is 0.183. The van der Waals surface area contributed by atoms with Crippen LogP contribution in [0, 0.1) is 25.7 Å². The van der Waals surface area contributed by atoms with Gasteiger partial charge in [-0.2, -0.15) is 0 Å². The number of rotatable bonds is 3. The average Bonchev–Trinajstić information content (AvgIpc) is 2.82. The van der Waals surface area contributed by atoms with Crippen LogP contribution in [0.5, 0.6) is 0 Å². The molecule has 0 fully saturated rings. The van der Waals surface area contributed by atoms with Crippen molar-refractivity contribution in [3.05, 3.63) is 52.7 Å². The van der Waals surface area contributed by atoms with Gasteiger partial charge >= 0.3 is 0 Å². The topological polar surface area (TPSA) is 75.4 Å². The van der Waals surface area contributed by atoms with Gasteiger partial charge < -0.3 is 14.8 Å². The second-order valence-corrected chi connectivity index (χ2v) is 4.47. The van der Waals surface area contributed by atoms with Gasteiger partial charge in [-0.1, -0.05) is 11.8 Å². The molecule has 0 aliphatic heterocycles. The predicted molar refractivity (Wildman–Crippen MR) is 77.6 cm³/mol. The van der Waals surface area contributed by atoms with Crippen LogP contribution in [0.25, 0.3) is 0 Å². The Kier molecular flexibility index (Phi) is 4.75. The highest BCUT2D eigenvalue weighted by Gasteiger charge is 2.09. The van der Waals surface area contributed by atoms with E-state index in [1.807, 2.05) is 13.8 Å². The Hall–Kier alpha value is -2.58. The van der Waals surface area contributed by atoms with Gasteiger partial charge in [0.1, 0.15) is 12.4 Å². The molecule has 2 aromatic rings. The van der Waals surface area contributed by atoms with Crippen LogP contribution in [0.4, 0.5) is 0 Å². The van der Waals surface area contributed by atoms with Gasteiger partial charge in [0.25, 0.3) is 5.91 Å². The Labute approximate surface area is 123 Å². The smallest absolute Gasteiger partial charge is 0.251 e. The molecular weight excluding hydrogens is 268 g/mol. The summed E-state index contributed by atoms with van der Waals surface area (Å²) in [5.41, 5.74) is 2.11. The van der Waals surface area contributed by atoms with Crippen molar-refractivity contribution in [2.45, 2.75) is 20.4 Å². The van der Waals surface area contributed by atoms with E-state index >= 15 is 0 Å².